The maximum absolute atomic E-state index is 8.94. The van der Waals surface area contributed by atoms with Gasteiger partial charge in [-0.1, -0.05) is 44.7 Å². The van der Waals surface area contributed by atoms with Gasteiger partial charge >= 0.3 is 0 Å². The number of nitrogens with zero attached hydrogens (tertiary/aromatic N) is 4. The molecule has 0 amide bonds. The van der Waals surface area contributed by atoms with Gasteiger partial charge in [0.1, 0.15) is 5.69 Å². The van der Waals surface area contributed by atoms with Gasteiger partial charge < -0.3 is 36.9 Å². The van der Waals surface area contributed by atoms with E-state index in [1.54, 1.807) is 0 Å². The largest absolute Gasteiger partial charge is 0.409 e. The first-order valence-electron chi connectivity index (χ1n) is 13.9. The van der Waals surface area contributed by atoms with Crippen molar-refractivity contribution in [3.8, 4) is 0 Å². The number of rotatable bonds is 7. The molecule has 0 aromatic carbocycles. The molecule has 1 aliphatic heterocycles. The molecule has 1 saturated heterocycles. The van der Waals surface area contributed by atoms with Crippen LogP contribution in [0.4, 0.5) is 17.3 Å². The van der Waals surface area contributed by atoms with Crippen LogP contribution in [0.2, 0.25) is 0 Å². The molecule has 0 bridgehead atoms. The fourth-order valence-electron chi connectivity index (χ4n) is 4.70. The summed E-state index contributed by atoms with van der Waals surface area (Å²) >= 11 is 0. The second kappa shape index (κ2) is 16.4. The summed E-state index contributed by atoms with van der Waals surface area (Å²) in [6, 6.07) is 0.286. The molecular weight excluding hydrogens is 456 g/mol. The Hall–Kier alpha value is -2.33. The molecule has 2 heterocycles. The molecule has 10 heteroatoms. The Morgan fingerprint density at radius 1 is 1.08 bits per heavy atom. The zero-order chi connectivity index (χ0) is 26.3. The van der Waals surface area contributed by atoms with Gasteiger partial charge in [-0.15, -0.1) is 0 Å². The molecule has 10 nitrogen and oxygen atoms in total. The predicted octanol–water partition coefficient (Wildman–Crippen LogP) is 4.11. The Morgan fingerprint density at radius 2 is 1.81 bits per heavy atom. The van der Waals surface area contributed by atoms with E-state index in [4.69, 9.17) is 21.4 Å². The molecule has 0 spiro atoms. The van der Waals surface area contributed by atoms with Gasteiger partial charge in [-0.25, -0.2) is 9.97 Å². The first-order chi connectivity index (χ1) is 17.5. The van der Waals surface area contributed by atoms with Crippen molar-refractivity contribution in [1.29, 1.82) is 0 Å². The van der Waals surface area contributed by atoms with E-state index >= 15 is 0 Å². The molecule has 1 atom stereocenters. The van der Waals surface area contributed by atoms with E-state index in [0.29, 0.717) is 23.5 Å². The van der Waals surface area contributed by atoms with Crippen LogP contribution in [0.5, 0.6) is 0 Å². The van der Waals surface area contributed by atoms with Gasteiger partial charge in [0.2, 0.25) is 11.7 Å². The molecule has 1 aromatic heterocycles. The van der Waals surface area contributed by atoms with Gasteiger partial charge in [0.05, 0.1) is 6.61 Å². The Kier molecular flexibility index (Phi) is 13.6. The van der Waals surface area contributed by atoms with E-state index < -0.39 is 0 Å². The van der Waals surface area contributed by atoms with Crippen LogP contribution in [0.15, 0.2) is 5.16 Å². The summed E-state index contributed by atoms with van der Waals surface area (Å²) in [5.74, 6) is 2.25. The van der Waals surface area contributed by atoms with Crippen LogP contribution in [-0.2, 0) is 4.74 Å². The summed E-state index contributed by atoms with van der Waals surface area (Å²) in [6.07, 6.45) is 11.4. The number of nitrogens with one attached hydrogen (secondary N) is 2. The van der Waals surface area contributed by atoms with Crippen LogP contribution in [0.1, 0.15) is 84.4 Å². The van der Waals surface area contributed by atoms with E-state index in [1.807, 2.05) is 13.8 Å². The average molecular weight is 507 g/mol. The normalized spacial score (nSPS) is 20.5. The zero-order valence-corrected chi connectivity index (χ0v) is 22.9. The SMILES string of the molecule is CC.CN1CCCOCC1.C[C@@H](Nc1nc(/C(N)=N/O)nc(N)c1NCC1CCCCC1)C1CCC1. The minimum atomic E-state index is -0.144. The smallest absolute Gasteiger partial charge is 0.208 e. The number of anilines is 3. The van der Waals surface area contributed by atoms with Crippen LogP contribution in [0, 0.1) is 11.8 Å². The lowest BCUT2D eigenvalue weighted by atomic mass is 9.80. The molecule has 0 unspecified atom stereocenters. The number of aromatic nitrogens is 2. The first kappa shape index (κ1) is 29.9. The standard InChI is InChI=1S/C18H31N7O.C6H13NO.C2H6/c1-11(13-8-5-9-13)22-17-14(21-10-12-6-3-2-4-7-12)15(19)23-18(24-17)16(20)25-26;1-7-3-2-5-8-6-4-7;1-2/h11-13,21,26H,2-10H2,1H3,(H2,20,25)(H3,19,22,23,24);2-6H2,1H3;1-2H3/t11-;;/m1../s1. The van der Waals surface area contributed by atoms with Crippen LogP contribution in [-0.4, -0.2) is 71.8 Å². The highest BCUT2D eigenvalue weighted by Crippen LogP contribution is 2.34. The van der Waals surface area contributed by atoms with Crippen molar-refractivity contribution >= 4 is 23.2 Å². The monoisotopic (exact) mass is 506 g/mol. The number of nitrogen functional groups attached to an aromatic ring is 1. The third-order valence-corrected chi connectivity index (χ3v) is 7.23. The van der Waals surface area contributed by atoms with E-state index in [9.17, 15) is 0 Å². The number of oxime groups is 1. The fourth-order valence-corrected chi connectivity index (χ4v) is 4.70. The molecule has 3 fully saturated rings. The van der Waals surface area contributed by atoms with E-state index in [2.05, 4.69) is 44.6 Å². The van der Waals surface area contributed by atoms with Gasteiger partial charge in [0.25, 0.3) is 0 Å². The number of hydrogen-bond donors (Lipinski definition) is 5. The average Bonchev–Trinajstić information content (AvgIpc) is 3.11. The predicted molar refractivity (Wildman–Crippen MR) is 149 cm³/mol. The molecule has 7 N–H and O–H groups in total. The number of ether oxygens (including phenoxy) is 1. The lowest BCUT2D eigenvalue weighted by molar-refractivity contribution is 0.144. The second-order valence-corrected chi connectivity index (χ2v) is 9.92. The van der Waals surface area contributed by atoms with E-state index in [-0.39, 0.29) is 17.7 Å². The summed E-state index contributed by atoms with van der Waals surface area (Å²) in [6.45, 7) is 11.2. The zero-order valence-electron chi connectivity index (χ0n) is 22.9. The minimum absolute atomic E-state index is 0.136. The first-order valence-corrected chi connectivity index (χ1v) is 13.9. The van der Waals surface area contributed by atoms with Gasteiger partial charge in [0, 0.05) is 32.3 Å². The Bertz CT molecular complexity index is 773. The fraction of sp³-hybridized carbons (Fsp3) is 0.808. The van der Waals surface area contributed by atoms with E-state index in [1.165, 1.54) is 64.3 Å². The van der Waals surface area contributed by atoms with Crippen LogP contribution < -0.4 is 22.1 Å². The van der Waals surface area contributed by atoms with Gasteiger partial charge in [-0.3, -0.25) is 0 Å². The molecule has 2 aliphatic carbocycles. The summed E-state index contributed by atoms with van der Waals surface area (Å²) in [5, 5.41) is 18.9. The molecule has 3 aliphatic rings. The van der Waals surface area contributed by atoms with Crippen molar-refractivity contribution in [1.82, 2.24) is 14.9 Å². The molecule has 2 saturated carbocycles. The second-order valence-electron chi connectivity index (χ2n) is 9.92. The van der Waals surface area contributed by atoms with Crippen molar-refractivity contribution in [2.75, 3.05) is 56.3 Å². The van der Waals surface area contributed by atoms with Crippen LogP contribution in [0.3, 0.4) is 0 Å². The van der Waals surface area contributed by atoms with Crippen molar-refractivity contribution in [2.24, 2.45) is 22.7 Å². The molecule has 206 valence electrons. The lowest BCUT2D eigenvalue weighted by Gasteiger charge is -2.33. The summed E-state index contributed by atoms with van der Waals surface area (Å²) < 4.78 is 5.22. The molecule has 36 heavy (non-hydrogen) atoms. The topological polar surface area (TPSA) is 147 Å². The van der Waals surface area contributed by atoms with Crippen molar-refractivity contribution in [3.05, 3.63) is 5.82 Å². The third-order valence-electron chi connectivity index (χ3n) is 7.23. The molecule has 1 aromatic rings. The lowest BCUT2D eigenvalue weighted by Crippen LogP contribution is -2.32. The molecule has 0 radical (unpaired) electrons. The van der Waals surface area contributed by atoms with Gasteiger partial charge in [-0.2, -0.15) is 0 Å². The van der Waals surface area contributed by atoms with Gasteiger partial charge in [0.15, 0.2) is 11.6 Å². The van der Waals surface area contributed by atoms with Crippen molar-refractivity contribution < 1.29 is 9.94 Å². The summed E-state index contributed by atoms with van der Waals surface area (Å²) in [4.78, 5) is 11.0. The highest BCUT2D eigenvalue weighted by Gasteiger charge is 2.26. The summed E-state index contributed by atoms with van der Waals surface area (Å²) in [5.41, 5.74) is 12.6. The molecule has 4 rings (SSSR count). The maximum atomic E-state index is 8.94. The van der Waals surface area contributed by atoms with Crippen LogP contribution >= 0.6 is 0 Å². The van der Waals surface area contributed by atoms with E-state index in [0.717, 1.165) is 32.0 Å². The van der Waals surface area contributed by atoms with Crippen LogP contribution in [0.25, 0.3) is 0 Å². The number of hydrogen-bond acceptors (Lipinski definition) is 9. The quantitative estimate of drug-likeness (QED) is 0.159. The molecular formula is C26H50N8O2. The summed E-state index contributed by atoms with van der Waals surface area (Å²) in [7, 11) is 2.13. The number of likely N-dealkylation sites (N-methyl/N-ethyl adjacent to an activating group) is 1. The Labute approximate surface area is 217 Å². The Balaban J connectivity index is 0.000000384. The van der Waals surface area contributed by atoms with Crippen molar-refractivity contribution in [3.63, 3.8) is 0 Å². The third kappa shape index (κ3) is 9.61. The maximum Gasteiger partial charge on any atom is 0.208 e. The minimum Gasteiger partial charge on any atom is -0.409 e. The number of nitrogens with two attached hydrogens (primary N) is 2. The van der Waals surface area contributed by atoms with Gasteiger partial charge in [-0.05, 0) is 57.9 Å². The highest BCUT2D eigenvalue weighted by atomic mass is 16.5. The van der Waals surface area contributed by atoms with Crippen molar-refractivity contribution in [2.45, 2.75) is 84.6 Å². The number of amidine groups is 1. The Morgan fingerprint density at radius 3 is 2.44 bits per heavy atom. The highest BCUT2D eigenvalue weighted by molar-refractivity contribution is 5.95.